The number of benzene rings is 3. The molecule has 0 saturated heterocycles. The van der Waals surface area contributed by atoms with Crippen LogP contribution in [0.15, 0.2) is 91.1 Å². The lowest BCUT2D eigenvalue weighted by Gasteiger charge is -2.24. The minimum absolute atomic E-state index is 0.126. The van der Waals surface area contributed by atoms with Crippen molar-refractivity contribution in [1.29, 1.82) is 0 Å². The summed E-state index contributed by atoms with van der Waals surface area (Å²) in [6.07, 6.45) is 4.48. The number of rotatable bonds is 7. The van der Waals surface area contributed by atoms with Crippen molar-refractivity contribution in [3.63, 3.8) is 0 Å². The monoisotopic (exact) mass is 451 g/mol. The number of carbonyl (C=O) groups is 1. The molecule has 172 valence electrons. The average molecular weight is 452 g/mol. The molecule has 1 aliphatic rings. The van der Waals surface area contributed by atoms with Crippen LogP contribution < -0.4 is 10.1 Å². The van der Waals surface area contributed by atoms with Crippen LogP contribution in [0, 0.1) is 0 Å². The Morgan fingerprint density at radius 2 is 1.82 bits per heavy atom. The summed E-state index contributed by atoms with van der Waals surface area (Å²) in [5, 5.41) is 3.23. The van der Waals surface area contributed by atoms with Gasteiger partial charge in [-0.25, -0.2) is 4.98 Å². The highest BCUT2D eigenvalue weighted by Gasteiger charge is 2.25. The molecule has 1 aliphatic heterocycles. The summed E-state index contributed by atoms with van der Waals surface area (Å²) in [7, 11) is 1.69. The number of aryl methyl sites for hydroxylation is 1. The van der Waals surface area contributed by atoms with Gasteiger partial charge < -0.3 is 14.6 Å². The summed E-state index contributed by atoms with van der Waals surface area (Å²) in [5.41, 5.74) is 4.01. The fourth-order valence-electron chi connectivity index (χ4n) is 4.74. The zero-order valence-electron chi connectivity index (χ0n) is 19.4. The third-order valence-electron chi connectivity index (χ3n) is 6.58. The lowest BCUT2D eigenvalue weighted by Crippen LogP contribution is -2.30. The minimum atomic E-state index is -0.135. The zero-order valence-corrected chi connectivity index (χ0v) is 19.4. The fraction of sp³-hybridized carbons (Fsp3) is 0.241. The van der Waals surface area contributed by atoms with Crippen LogP contribution in [0.3, 0.4) is 0 Å². The number of hydrogen-bond donors (Lipinski definition) is 1. The van der Waals surface area contributed by atoms with Crippen molar-refractivity contribution in [2.45, 2.75) is 37.8 Å². The second kappa shape index (κ2) is 9.96. The van der Waals surface area contributed by atoms with Crippen molar-refractivity contribution in [2.24, 2.45) is 0 Å². The molecule has 5 rings (SSSR count). The normalized spacial score (nSPS) is 15.9. The van der Waals surface area contributed by atoms with E-state index in [1.807, 2.05) is 54.7 Å². The molecule has 0 saturated carbocycles. The molecule has 4 aromatic rings. The molecule has 0 aliphatic carbocycles. The molecule has 5 heteroatoms. The second-order valence-electron chi connectivity index (χ2n) is 8.83. The van der Waals surface area contributed by atoms with Crippen LogP contribution in [-0.4, -0.2) is 22.6 Å². The van der Waals surface area contributed by atoms with Crippen molar-refractivity contribution in [3.8, 4) is 5.75 Å². The first kappa shape index (κ1) is 22.0. The van der Waals surface area contributed by atoms with Crippen molar-refractivity contribution in [2.75, 3.05) is 7.11 Å². The molecule has 5 nitrogen and oxygen atoms in total. The van der Waals surface area contributed by atoms with E-state index in [-0.39, 0.29) is 11.9 Å². The van der Waals surface area contributed by atoms with Gasteiger partial charge in [-0.05, 0) is 41.7 Å². The third-order valence-corrected chi connectivity index (χ3v) is 6.58. The van der Waals surface area contributed by atoms with Crippen molar-refractivity contribution < 1.29 is 9.53 Å². The second-order valence-corrected chi connectivity index (χ2v) is 8.83. The standard InChI is InChI=1S/C29H29N3O2/c1-34-25-14-8-13-23(18-25)24-15-16-28-30-27(20-32(28)19-24)29(33)31-26(22-11-6-3-7-12-22)17-21-9-4-2-5-10-21/h2-14,18,20,24,26H,15-17,19H2,1H3,(H,31,33). The van der Waals surface area contributed by atoms with E-state index in [1.54, 1.807) is 7.11 Å². The topological polar surface area (TPSA) is 56.1 Å². The molecule has 2 unspecified atom stereocenters. The lowest BCUT2D eigenvalue weighted by atomic mass is 9.91. The third kappa shape index (κ3) is 4.88. The van der Waals surface area contributed by atoms with Crippen molar-refractivity contribution in [3.05, 3.63) is 119 Å². The van der Waals surface area contributed by atoms with Gasteiger partial charge in [-0.15, -0.1) is 0 Å². The van der Waals surface area contributed by atoms with Gasteiger partial charge in [0.05, 0.1) is 13.2 Å². The zero-order chi connectivity index (χ0) is 23.3. The van der Waals surface area contributed by atoms with E-state index in [2.05, 4.69) is 46.3 Å². The number of imidazole rings is 1. The maximum atomic E-state index is 13.3. The van der Waals surface area contributed by atoms with E-state index < -0.39 is 0 Å². The van der Waals surface area contributed by atoms with E-state index in [0.717, 1.165) is 42.9 Å². The van der Waals surface area contributed by atoms with Gasteiger partial charge in [0.25, 0.3) is 5.91 Å². The average Bonchev–Trinajstić information content (AvgIpc) is 3.33. The molecule has 2 atom stereocenters. The van der Waals surface area contributed by atoms with Crippen LogP contribution in [0.25, 0.3) is 0 Å². The van der Waals surface area contributed by atoms with E-state index in [0.29, 0.717) is 11.6 Å². The molecule has 0 fully saturated rings. The smallest absolute Gasteiger partial charge is 0.271 e. The van der Waals surface area contributed by atoms with Gasteiger partial charge in [0.15, 0.2) is 0 Å². The first-order valence-electron chi connectivity index (χ1n) is 11.8. The fourth-order valence-corrected chi connectivity index (χ4v) is 4.74. The summed E-state index contributed by atoms with van der Waals surface area (Å²) in [5.74, 6) is 2.09. The predicted molar refractivity (Wildman–Crippen MR) is 133 cm³/mol. The molecular weight excluding hydrogens is 422 g/mol. The Hall–Kier alpha value is -3.86. The summed E-state index contributed by atoms with van der Waals surface area (Å²) in [6, 6.07) is 28.5. The van der Waals surface area contributed by atoms with Gasteiger partial charge in [-0.1, -0.05) is 72.8 Å². The molecule has 1 aromatic heterocycles. The maximum absolute atomic E-state index is 13.3. The Balaban J connectivity index is 1.33. The molecule has 3 aromatic carbocycles. The molecule has 34 heavy (non-hydrogen) atoms. The summed E-state index contributed by atoms with van der Waals surface area (Å²) < 4.78 is 7.53. The largest absolute Gasteiger partial charge is 0.497 e. The Kier molecular flexibility index (Phi) is 6.43. The summed E-state index contributed by atoms with van der Waals surface area (Å²) in [6.45, 7) is 0.814. The molecule has 0 spiro atoms. The number of amides is 1. The van der Waals surface area contributed by atoms with Crippen LogP contribution in [-0.2, 0) is 19.4 Å². The van der Waals surface area contributed by atoms with Gasteiger partial charge in [-0.2, -0.15) is 0 Å². The highest BCUT2D eigenvalue weighted by molar-refractivity contribution is 5.92. The van der Waals surface area contributed by atoms with Crippen LogP contribution in [0.5, 0.6) is 5.75 Å². The van der Waals surface area contributed by atoms with Crippen molar-refractivity contribution >= 4 is 5.91 Å². The van der Waals surface area contributed by atoms with Gasteiger partial charge in [0.1, 0.15) is 17.3 Å². The van der Waals surface area contributed by atoms with Crippen LogP contribution in [0.4, 0.5) is 0 Å². The van der Waals surface area contributed by atoms with E-state index in [4.69, 9.17) is 9.72 Å². The van der Waals surface area contributed by atoms with E-state index in [9.17, 15) is 4.79 Å². The number of nitrogens with one attached hydrogen (secondary N) is 1. The van der Waals surface area contributed by atoms with E-state index in [1.165, 1.54) is 11.1 Å². The summed E-state index contributed by atoms with van der Waals surface area (Å²) in [4.78, 5) is 18.0. The molecule has 0 radical (unpaired) electrons. The first-order valence-corrected chi connectivity index (χ1v) is 11.8. The Bertz CT molecular complexity index is 1250. The highest BCUT2D eigenvalue weighted by atomic mass is 16.5. The minimum Gasteiger partial charge on any atom is -0.497 e. The number of aromatic nitrogens is 2. The molecular formula is C29H29N3O2. The molecule has 2 heterocycles. The van der Waals surface area contributed by atoms with Crippen molar-refractivity contribution in [1.82, 2.24) is 14.9 Å². The molecule has 0 bridgehead atoms. The quantitative estimate of drug-likeness (QED) is 0.413. The molecule has 1 N–H and O–H groups in total. The van der Waals surface area contributed by atoms with Gasteiger partial charge in [0, 0.05) is 25.1 Å². The molecule has 1 amide bonds. The number of methoxy groups -OCH3 is 1. The first-order chi connectivity index (χ1) is 16.7. The SMILES string of the molecule is COc1cccc(C2CCc3nc(C(=O)NC(Cc4ccccc4)c4ccccc4)cn3C2)c1. The van der Waals surface area contributed by atoms with Crippen LogP contribution in [0.1, 0.15) is 51.4 Å². The number of carbonyl (C=O) groups excluding carboxylic acids is 1. The van der Waals surface area contributed by atoms with Gasteiger partial charge in [-0.3, -0.25) is 4.79 Å². The number of hydrogen-bond acceptors (Lipinski definition) is 3. The van der Waals surface area contributed by atoms with Crippen LogP contribution >= 0.6 is 0 Å². The predicted octanol–water partition coefficient (Wildman–Crippen LogP) is 5.34. The number of ether oxygens (including phenoxy) is 1. The highest BCUT2D eigenvalue weighted by Crippen LogP contribution is 2.31. The Morgan fingerprint density at radius 3 is 2.59 bits per heavy atom. The van der Waals surface area contributed by atoms with Gasteiger partial charge >= 0.3 is 0 Å². The Labute approximate surface area is 200 Å². The number of fused-ring (bicyclic) bond motifs is 1. The lowest BCUT2D eigenvalue weighted by molar-refractivity contribution is 0.0931. The van der Waals surface area contributed by atoms with Crippen LogP contribution in [0.2, 0.25) is 0 Å². The van der Waals surface area contributed by atoms with Gasteiger partial charge in [0.2, 0.25) is 0 Å². The Morgan fingerprint density at radius 1 is 1.06 bits per heavy atom. The summed E-state index contributed by atoms with van der Waals surface area (Å²) >= 11 is 0. The number of nitrogens with zero attached hydrogens (tertiary/aromatic N) is 2. The maximum Gasteiger partial charge on any atom is 0.271 e. The van der Waals surface area contributed by atoms with E-state index >= 15 is 0 Å².